The fourth-order valence-electron chi connectivity index (χ4n) is 2.55. The molecule has 4 aromatic rings. The lowest BCUT2D eigenvalue weighted by atomic mass is 10.0. The van der Waals surface area contributed by atoms with Crippen LogP contribution in [0.15, 0.2) is 75.9 Å². The van der Waals surface area contributed by atoms with E-state index in [0.717, 1.165) is 27.4 Å². The number of pyridine rings is 1. The molecule has 0 amide bonds. The lowest BCUT2D eigenvalue weighted by molar-refractivity contribution is 0.551. The minimum Gasteiger partial charge on any atom is -0.404 e. The molecule has 0 fully saturated rings. The molecule has 0 bridgehead atoms. The summed E-state index contributed by atoms with van der Waals surface area (Å²) in [5.74, 6) is 0. The van der Waals surface area contributed by atoms with Crippen LogP contribution in [0.3, 0.4) is 0 Å². The summed E-state index contributed by atoms with van der Waals surface area (Å²) < 4.78 is 5.27. The fourth-order valence-corrected chi connectivity index (χ4v) is 2.55. The number of rotatable bonds is 1. The molecular formula is C18H11NO2. The first-order valence-electron chi connectivity index (χ1n) is 6.70. The Kier molecular flexibility index (Phi) is 2.57. The van der Waals surface area contributed by atoms with E-state index in [0.29, 0.717) is 5.71 Å². The van der Waals surface area contributed by atoms with Crippen LogP contribution in [0, 0.1) is 0 Å². The van der Waals surface area contributed by atoms with Gasteiger partial charge in [0.1, 0.15) is 0 Å². The van der Waals surface area contributed by atoms with E-state index in [1.54, 1.807) is 0 Å². The second-order valence-corrected chi connectivity index (χ2v) is 4.88. The van der Waals surface area contributed by atoms with Gasteiger partial charge in [-0.15, -0.1) is 0 Å². The highest BCUT2D eigenvalue weighted by atomic mass is 16.4. The minimum atomic E-state index is -0.385. The molecule has 2 heterocycles. The second kappa shape index (κ2) is 4.56. The molecule has 3 heteroatoms. The normalized spacial score (nSPS) is 11.0. The number of fused-ring (bicyclic) bond motifs is 2. The Morgan fingerprint density at radius 1 is 0.857 bits per heavy atom. The Labute approximate surface area is 120 Å². The smallest absolute Gasteiger partial charge is 0.338 e. The Hall–Kier alpha value is -2.94. The van der Waals surface area contributed by atoms with Crippen LogP contribution >= 0.6 is 0 Å². The maximum Gasteiger partial charge on any atom is 0.338 e. The molecule has 21 heavy (non-hydrogen) atoms. The number of benzene rings is 2. The Balaban J connectivity index is 2.15. The largest absolute Gasteiger partial charge is 0.404 e. The van der Waals surface area contributed by atoms with E-state index in [9.17, 15) is 4.79 Å². The molecular weight excluding hydrogens is 262 g/mol. The summed E-state index contributed by atoms with van der Waals surface area (Å²) in [5, 5.41) is 1.87. The van der Waals surface area contributed by atoms with Gasteiger partial charge in [0.05, 0.1) is 5.52 Å². The zero-order valence-corrected chi connectivity index (χ0v) is 11.1. The molecule has 0 aliphatic rings. The SMILES string of the molecule is O=c1cc(-c2ccccc2)c2cc3ccccc3nc2o1. The molecule has 0 aliphatic heterocycles. The molecule has 100 valence electrons. The highest BCUT2D eigenvalue weighted by Crippen LogP contribution is 2.28. The predicted octanol–water partition coefficient (Wildman–Crippen LogP) is 4.01. The Morgan fingerprint density at radius 2 is 1.62 bits per heavy atom. The maximum atomic E-state index is 11.8. The van der Waals surface area contributed by atoms with Crippen LogP contribution in [-0.2, 0) is 0 Å². The fraction of sp³-hybridized carbons (Fsp3) is 0. The summed E-state index contributed by atoms with van der Waals surface area (Å²) in [6, 6.07) is 21.1. The maximum absolute atomic E-state index is 11.8. The van der Waals surface area contributed by atoms with Crippen LogP contribution in [0.5, 0.6) is 0 Å². The number of hydrogen-bond acceptors (Lipinski definition) is 3. The van der Waals surface area contributed by atoms with Crippen molar-refractivity contribution in [3.8, 4) is 11.1 Å². The summed E-state index contributed by atoms with van der Waals surface area (Å²) >= 11 is 0. The van der Waals surface area contributed by atoms with Crippen LogP contribution in [-0.4, -0.2) is 4.98 Å². The topological polar surface area (TPSA) is 43.1 Å². The van der Waals surface area contributed by atoms with Crippen molar-refractivity contribution in [2.45, 2.75) is 0 Å². The lowest BCUT2D eigenvalue weighted by Crippen LogP contribution is -1.99. The lowest BCUT2D eigenvalue weighted by Gasteiger charge is -2.06. The van der Waals surface area contributed by atoms with Crippen LogP contribution in [0.25, 0.3) is 33.1 Å². The average molecular weight is 273 g/mol. The zero-order chi connectivity index (χ0) is 14.2. The van der Waals surface area contributed by atoms with Crippen LogP contribution in [0.2, 0.25) is 0 Å². The summed E-state index contributed by atoms with van der Waals surface area (Å²) in [5.41, 5.74) is 2.63. The zero-order valence-electron chi connectivity index (χ0n) is 11.1. The van der Waals surface area contributed by atoms with Gasteiger partial charge >= 0.3 is 5.63 Å². The Bertz CT molecular complexity index is 1000. The molecule has 2 aromatic carbocycles. The van der Waals surface area contributed by atoms with Crippen molar-refractivity contribution in [3.05, 3.63) is 77.2 Å². The summed E-state index contributed by atoms with van der Waals surface area (Å²) in [7, 11) is 0. The molecule has 3 nitrogen and oxygen atoms in total. The first kappa shape index (κ1) is 11.9. The van der Waals surface area contributed by atoms with Gasteiger partial charge < -0.3 is 4.42 Å². The number of nitrogens with zero attached hydrogens (tertiary/aromatic N) is 1. The van der Waals surface area contributed by atoms with Gasteiger partial charge in [-0.1, -0.05) is 48.5 Å². The van der Waals surface area contributed by atoms with Crippen LogP contribution < -0.4 is 5.63 Å². The standard InChI is InChI=1S/C18H11NO2/c20-17-11-14(12-6-2-1-3-7-12)15-10-13-8-4-5-9-16(13)19-18(15)21-17/h1-11H. The number of hydrogen-bond donors (Lipinski definition) is 0. The second-order valence-electron chi connectivity index (χ2n) is 4.88. The Morgan fingerprint density at radius 3 is 2.48 bits per heavy atom. The van der Waals surface area contributed by atoms with Gasteiger partial charge in [-0.3, -0.25) is 0 Å². The van der Waals surface area contributed by atoms with Gasteiger partial charge in [0.15, 0.2) is 0 Å². The van der Waals surface area contributed by atoms with E-state index in [4.69, 9.17) is 4.42 Å². The van der Waals surface area contributed by atoms with Gasteiger partial charge in [0.25, 0.3) is 0 Å². The summed E-state index contributed by atoms with van der Waals surface area (Å²) in [6.07, 6.45) is 0. The monoisotopic (exact) mass is 273 g/mol. The molecule has 0 spiro atoms. The van der Waals surface area contributed by atoms with E-state index in [2.05, 4.69) is 4.98 Å². The number of para-hydroxylation sites is 1. The highest BCUT2D eigenvalue weighted by Gasteiger charge is 2.10. The molecule has 0 aliphatic carbocycles. The third-order valence-corrected chi connectivity index (χ3v) is 3.52. The molecule has 0 saturated heterocycles. The van der Waals surface area contributed by atoms with Gasteiger partial charge in [0.2, 0.25) is 5.71 Å². The van der Waals surface area contributed by atoms with Crippen molar-refractivity contribution >= 4 is 22.0 Å². The van der Waals surface area contributed by atoms with Gasteiger partial charge in [-0.2, -0.15) is 0 Å². The van der Waals surface area contributed by atoms with Crippen molar-refractivity contribution in [1.82, 2.24) is 4.98 Å². The molecule has 2 aromatic heterocycles. The molecule has 4 rings (SSSR count). The summed E-state index contributed by atoms with van der Waals surface area (Å²) in [6.45, 7) is 0. The summed E-state index contributed by atoms with van der Waals surface area (Å²) in [4.78, 5) is 16.3. The third kappa shape index (κ3) is 1.99. The van der Waals surface area contributed by atoms with E-state index < -0.39 is 0 Å². The van der Waals surface area contributed by atoms with E-state index >= 15 is 0 Å². The molecule has 0 N–H and O–H groups in total. The van der Waals surface area contributed by atoms with Crippen molar-refractivity contribution in [2.24, 2.45) is 0 Å². The van der Waals surface area contributed by atoms with Crippen molar-refractivity contribution in [1.29, 1.82) is 0 Å². The minimum absolute atomic E-state index is 0.375. The van der Waals surface area contributed by atoms with E-state index in [1.165, 1.54) is 6.07 Å². The van der Waals surface area contributed by atoms with Crippen LogP contribution in [0.4, 0.5) is 0 Å². The molecule has 0 saturated carbocycles. The van der Waals surface area contributed by atoms with Gasteiger partial charge in [-0.05, 0) is 17.7 Å². The first-order chi connectivity index (χ1) is 10.3. The van der Waals surface area contributed by atoms with E-state index in [-0.39, 0.29) is 5.63 Å². The highest BCUT2D eigenvalue weighted by molar-refractivity contribution is 5.98. The number of aromatic nitrogens is 1. The van der Waals surface area contributed by atoms with Gasteiger partial charge in [-0.25, -0.2) is 9.78 Å². The quantitative estimate of drug-likeness (QED) is 0.492. The van der Waals surface area contributed by atoms with Crippen molar-refractivity contribution in [3.63, 3.8) is 0 Å². The van der Waals surface area contributed by atoms with Crippen LogP contribution in [0.1, 0.15) is 0 Å². The van der Waals surface area contributed by atoms with Crippen molar-refractivity contribution in [2.75, 3.05) is 0 Å². The predicted molar refractivity (Wildman–Crippen MR) is 83.2 cm³/mol. The molecule has 0 radical (unpaired) electrons. The van der Waals surface area contributed by atoms with Gasteiger partial charge in [0, 0.05) is 22.4 Å². The average Bonchev–Trinajstić information content (AvgIpc) is 2.53. The first-order valence-corrected chi connectivity index (χ1v) is 6.70. The third-order valence-electron chi connectivity index (χ3n) is 3.52. The van der Waals surface area contributed by atoms with Crippen molar-refractivity contribution < 1.29 is 4.42 Å². The molecule has 0 unspecified atom stereocenters. The molecule has 0 atom stereocenters. The van der Waals surface area contributed by atoms with E-state index in [1.807, 2.05) is 60.7 Å².